The molecular formula is C27H29N5O5S. The van der Waals surface area contributed by atoms with Gasteiger partial charge < -0.3 is 19.5 Å². The maximum absolute atomic E-state index is 13.2. The lowest BCUT2D eigenvalue weighted by Gasteiger charge is -2.34. The van der Waals surface area contributed by atoms with E-state index in [4.69, 9.17) is 14.5 Å². The van der Waals surface area contributed by atoms with Crippen LogP contribution in [0.4, 0.5) is 11.8 Å². The second-order valence-electron chi connectivity index (χ2n) is 9.16. The molecule has 2 aromatic heterocycles. The molecular weight excluding hydrogens is 506 g/mol. The van der Waals surface area contributed by atoms with Crippen molar-refractivity contribution in [2.24, 2.45) is 0 Å². The SMILES string of the molecule is COc1ccc(-c2ccc3c(N4CCOC[C@@H]4C)nc(NS(=O)(=O)c4cccc(C)c4)nc3n2)cc1CO. The molecule has 10 nitrogen and oxygen atoms in total. The van der Waals surface area contributed by atoms with Crippen molar-refractivity contribution in [1.29, 1.82) is 0 Å². The van der Waals surface area contributed by atoms with Crippen molar-refractivity contribution in [3.63, 3.8) is 0 Å². The van der Waals surface area contributed by atoms with Crippen LogP contribution in [-0.4, -0.2) is 61.4 Å². The number of methoxy groups -OCH3 is 1. The molecule has 0 radical (unpaired) electrons. The minimum atomic E-state index is -3.93. The average molecular weight is 536 g/mol. The van der Waals surface area contributed by atoms with Gasteiger partial charge >= 0.3 is 0 Å². The van der Waals surface area contributed by atoms with E-state index in [0.717, 1.165) is 11.1 Å². The first-order valence-electron chi connectivity index (χ1n) is 12.2. The highest BCUT2D eigenvalue weighted by atomic mass is 32.2. The highest BCUT2D eigenvalue weighted by Gasteiger charge is 2.25. The number of aliphatic hydroxyl groups excluding tert-OH is 1. The van der Waals surface area contributed by atoms with E-state index in [1.54, 1.807) is 31.4 Å². The van der Waals surface area contributed by atoms with Gasteiger partial charge in [-0.3, -0.25) is 0 Å². The molecule has 11 heteroatoms. The number of ether oxygens (including phenoxy) is 2. The highest BCUT2D eigenvalue weighted by molar-refractivity contribution is 7.92. The van der Waals surface area contributed by atoms with Crippen LogP contribution in [-0.2, 0) is 21.4 Å². The summed E-state index contributed by atoms with van der Waals surface area (Å²) < 4.78 is 39.8. The van der Waals surface area contributed by atoms with Gasteiger partial charge in [0.1, 0.15) is 11.6 Å². The van der Waals surface area contributed by atoms with E-state index < -0.39 is 10.0 Å². The second-order valence-corrected chi connectivity index (χ2v) is 10.8. The molecule has 0 amide bonds. The lowest BCUT2D eigenvalue weighted by molar-refractivity contribution is 0.0987. The number of nitrogens with one attached hydrogen (secondary N) is 1. The number of fused-ring (bicyclic) bond motifs is 1. The normalized spacial score (nSPS) is 16.0. The molecule has 1 aliphatic heterocycles. The Morgan fingerprint density at radius 3 is 2.71 bits per heavy atom. The minimum Gasteiger partial charge on any atom is -0.496 e. The number of sulfonamides is 1. The molecule has 38 heavy (non-hydrogen) atoms. The van der Waals surface area contributed by atoms with E-state index in [0.29, 0.717) is 53.6 Å². The highest BCUT2D eigenvalue weighted by Crippen LogP contribution is 2.31. The number of nitrogens with zero attached hydrogens (tertiary/aromatic N) is 4. The maximum atomic E-state index is 13.2. The van der Waals surface area contributed by atoms with Crippen molar-refractivity contribution >= 4 is 32.8 Å². The summed E-state index contributed by atoms with van der Waals surface area (Å²) >= 11 is 0. The topological polar surface area (TPSA) is 127 Å². The zero-order chi connectivity index (χ0) is 26.9. The monoisotopic (exact) mass is 535 g/mol. The van der Waals surface area contributed by atoms with Crippen LogP contribution >= 0.6 is 0 Å². The first-order chi connectivity index (χ1) is 18.3. The summed E-state index contributed by atoms with van der Waals surface area (Å²) in [5, 5.41) is 10.4. The Morgan fingerprint density at radius 1 is 1.13 bits per heavy atom. The van der Waals surface area contributed by atoms with E-state index >= 15 is 0 Å². The third-order valence-corrected chi connectivity index (χ3v) is 7.78. The first-order valence-corrected chi connectivity index (χ1v) is 13.7. The van der Waals surface area contributed by atoms with Crippen molar-refractivity contribution in [3.05, 3.63) is 65.7 Å². The number of anilines is 2. The van der Waals surface area contributed by atoms with Crippen LogP contribution in [0.3, 0.4) is 0 Å². The molecule has 0 saturated carbocycles. The number of hydrogen-bond acceptors (Lipinski definition) is 9. The molecule has 1 fully saturated rings. The lowest BCUT2D eigenvalue weighted by atomic mass is 10.1. The first kappa shape index (κ1) is 25.8. The van der Waals surface area contributed by atoms with Crippen LogP contribution in [0.1, 0.15) is 18.1 Å². The molecule has 0 bridgehead atoms. The van der Waals surface area contributed by atoms with Gasteiger partial charge in [-0.15, -0.1) is 0 Å². The number of benzene rings is 2. The Hall–Kier alpha value is -3.80. The van der Waals surface area contributed by atoms with Gasteiger partial charge in [0, 0.05) is 17.7 Å². The van der Waals surface area contributed by atoms with Crippen LogP contribution in [0, 0.1) is 6.92 Å². The number of morpholine rings is 1. The molecule has 5 rings (SSSR count). The number of aliphatic hydroxyl groups is 1. The van der Waals surface area contributed by atoms with Gasteiger partial charge in [-0.1, -0.05) is 12.1 Å². The van der Waals surface area contributed by atoms with E-state index in [2.05, 4.69) is 19.6 Å². The summed E-state index contributed by atoms with van der Waals surface area (Å²) in [6, 6.07) is 15.8. The predicted molar refractivity (Wildman–Crippen MR) is 145 cm³/mol. The fourth-order valence-electron chi connectivity index (χ4n) is 4.48. The molecule has 0 aliphatic carbocycles. The minimum absolute atomic E-state index is 0.0245. The molecule has 4 aromatic rings. The number of pyridine rings is 1. The van der Waals surface area contributed by atoms with Gasteiger partial charge in [0.15, 0.2) is 5.65 Å². The second kappa shape index (κ2) is 10.5. The van der Waals surface area contributed by atoms with Gasteiger partial charge in [-0.05, 0) is 61.9 Å². The number of aryl methyl sites for hydroxylation is 1. The molecule has 0 unspecified atom stereocenters. The van der Waals surface area contributed by atoms with Crippen molar-refractivity contribution in [3.8, 4) is 17.0 Å². The predicted octanol–water partition coefficient (Wildman–Crippen LogP) is 3.53. The average Bonchev–Trinajstić information content (AvgIpc) is 2.92. The zero-order valence-electron chi connectivity index (χ0n) is 21.4. The molecule has 2 N–H and O–H groups in total. The van der Waals surface area contributed by atoms with Gasteiger partial charge in [0.25, 0.3) is 10.0 Å². The Bertz CT molecular complexity index is 1590. The Balaban J connectivity index is 1.63. The van der Waals surface area contributed by atoms with Crippen LogP contribution in [0.5, 0.6) is 5.75 Å². The maximum Gasteiger partial charge on any atom is 0.264 e. The summed E-state index contributed by atoms with van der Waals surface area (Å²) in [4.78, 5) is 16.1. The number of hydrogen-bond donors (Lipinski definition) is 2. The molecule has 0 spiro atoms. The van der Waals surface area contributed by atoms with Crippen LogP contribution in [0.25, 0.3) is 22.3 Å². The smallest absolute Gasteiger partial charge is 0.264 e. The van der Waals surface area contributed by atoms with Crippen molar-refractivity contribution in [2.45, 2.75) is 31.4 Å². The van der Waals surface area contributed by atoms with Gasteiger partial charge in [0.05, 0.1) is 48.9 Å². The zero-order valence-corrected chi connectivity index (χ0v) is 22.2. The Morgan fingerprint density at radius 2 is 1.97 bits per heavy atom. The van der Waals surface area contributed by atoms with Gasteiger partial charge in [-0.2, -0.15) is 9.97 Å². The summed E-state index contributed by atoms with van der Waals surface area (Å²) in [6.45, 7) is 5.32. The number of rotatable bonds is 7. The standard InChI is InChI=1S/C27H29N5O5S/c1-17-5-4-6-21(13-17)38(34,35)31-27-29-25-22(26(30-27)32-11-12-37-16-18(32)2)8-9-23(28-25)19-7-10-24(36-3)20(14-19)15-33/h4-10,13-14,18,33H,11-12,15-16H2,1-3H3,(H,28,29,30,31)/t18-/m0/s1. The van der Waals surface area contributed by atoms with Crippen LogP contribution in [0.2, 0.25) is 0 Å². The van der Waals surface area contributed by atoms with E-state index in [1.807, 2.05) is 38.1 Å². The molecule has 1 atom stereocenters. The fourth-order valence-corrected chi connectivity index (χ4v) is 5.53. The Labute approximate surface area is 221 Å². The van der Waals surface area contributed by atoms with Crippen molar-refractivity contribution in [1.82, 2.24) is 15.0 Å². The van der Waals surface area contributed by atoms with Crippen molar-refractivity contribution in [2.75, 3.05) is 36.5 Å². The Kier molecular flexibility index (Phi) is 7.15. The number of aromatic nitrogens is 3. The van der Waals surface area contributed by atoms with Gasteiger partial charge in [0.2, 0.25) is 5.95 Å². The molecule has 2 aromatic carbocycles. The summed E-state index contributed by atoms with van der Waals surface area (Å²) in [6.07, 6.45) is 0. The van der Waals surface area contributed by atoms with E-state index in [-0.39, 0.29) is 23.5 Å². The molecule has 1 aliphatic rings. The molecule has 3 heterocycles. The van der Waals surface area contributed by atoms with Gasteiger partial charge in [-0.25, -0.2) is 18.1 Å². The molecule has 198 valence electrons. The van der Waals surface area contributed by atoms with E-state index in [9.17, 15) is 13.5 Å². The lowest BCUT2D eigenvalue weighted by Crippen LogP contribution is -2.44. The molecule has 1 saturated heterocycles. The van der Waals surface area contributed by atoms with E-state index in [1.165, 1.54) is 6.07 Å². The largest absolute Gasteiger partial charge is 0.496 e. The summed E-state index contributed by atoms with van der Waals surface area (Å²) in [5.41, 5.74) is 3.17. The third kappa shape index (κ3) is 5.13. The fraction of sp³-hybridized carbons (Fsp3) is 0.296. The summed E-state index contributed by atoms with van der Waals surface area (Å²) in [7, 11) is -2.38. The summed E-state index contributed by atoms with van der Waals surface area (Å²) in [5.74, 6) is 1.09. The van der Waals surface area contributed by atoms with Crippen molar-refractivity contribution < 1.29 is 23.0 Å². The van der Waals surface area contributed by atoms with Crippen LogP contribution in [0.15, 0.2) is 59.5 Å². The van der Waals surface area contributed by atoms with Crippen LogP contribution < -0.4 is 14.4 Å². The quantitative estimate of drug-likeness (QED) is 0.365. The third-order valence-electron chi connectivity index (χ3n) is 6.45.